The van der Waals surface area contributed by atoms with Gasteiger partial charge < -0.3 is 15.0 Å². The molecule has 1 aliphatic heterocycles. The third-order valence-corrected chi connectivity index (χ3v) is 5.81. The van der Waals surface area contributed by atoms with Crippen molar-refractivity contribution in [2.24, 2.45) is 0 Å². The van der Waals surface area contributed by atoms with Gasteiger partial charge in [-0.25, -0.2) is 4.98 Å². The Hall–Kier alpha value is -2.25. The molecule has 3 heterocycles. The van der Waals surface area contributed by atoms with Gasteiger partial charge in [-0.15, -0.1) is 0 Å². The molecule has 0 amide bonds. The number of aromatic nitrogens is 3. The Labute approximate surface area is 148 Å². The Bertz CT molecular complexity index is 955. The fourth-order valence-electron chi connectivity index (χ4n) is 3.30. The van der Waals surface area contributed by atoms with Crippen LogP contribution in [0.2, 0.25) is 0 Å². The lowest BCUT2D eigenvalue weighted by Crippen LogP contribution is -2.05. The van der Waals surface area contributed by atoms with Crippen molar-refractivity contribution < 1.29 is 8.95 Å². The molecule has 4 rings (SSSR count). The lowest BCUT2D eigenvalue weighted by Gasteiger charge is -2.11. The normalized spacial score (nSPS) is 14.7. The summed E-state index contributed by atoms with van der Waals surface area (Å²) in [5, 5.41) is 3.82. The van der Waals surface area contributed by atoms with Gasteiger partial charge in [0, 0.05) is 30.4 Å². The molecule has 130 valence electrons. The van der Waals surface area contributed by atoms with E-state index in [4.69, 9.17) is 4.74 Å². The first kappa shape index (κ1) is 16.2. The zero-order valence-electron chi connectivity index (χ0n) is 14.5. The number of ether oxygens (including phenoxy) is 1. The molecule has 6 nitrogen and oxygen atoms in total. The summed E-state index contributed by atoms with van der Waals surface area (Å²) >= 11 is 0. The highest BCUT2D eigenvalue weighted by molar-refractivity contribution is 7.84. The lowest BCUT2D eigenvalue weighted by atomic mass is 10.1. The van der Waals surface area contributed by atoms with E-state index in [2.05, 4.69) is 32.4 Å². The summed E-state index contributed by atoms with van der Waals surface area (Å²) in [7, 11) is 0.351. The number of nitrogens with one attached hydrogen (secondary N) is 2. The molecule has 0 spiro atoms. The van der Waals surface area contributed by atoms with Gasteiger partial charge in [-0.3, -0.25) is 9.19 Å². The maximum Gasteiger partial charge on any atom is 0.197 e. The van der Waals surface area contributed by atoms with Crippen molar-refractivity contribution in [1.29, 1.82) is 0 Å². The molecule has 25 heavy (non-hydrogen) atoms. The van der Waals surface area contributed by atoms with Gasteiger partial charge in [0.1, 0.15) is 5.75 Å². The Balaban J connectivity index is 1.64. The van der Waals surface area contributed by atoms with Gasteiger partial charge in [-0.1, -0.05) is 0 Å². The van der Waals surface area contributed by atoms with Crippen molar-refractivity contribution in [2.75, 3.05) is 7.11 Å². The van der Waals surface area contributed by atoms with Crippen LogP contribution in [0.25, 0.3) is 11.0 Å². The third-order valence-electron chi connectivity index (χ3n) is 4.65. The number of fused-ring (bicyclic) bond motifs is 2. The van der Waals surface area contributed by atoms with Crippen molar-refractivity contribution >= 4 is 21.8 Å². The van der Waals surface area contributed by atoms with Crippen LogP contribution in [0.3, 0.4) is 0 Å². The van der Waals surface area contributed by atoms with Crippen LogP contribution in [-0.2, 0) is 29.6 Å². The van der Waals surface area contributed by atoms with E-state index < -0.39 is 10.8 Å². The first-order valence-electron chi connectivity index (χ1n) is 8.16. The molecule has 1 aromatic carbocycles. The van der Waals surface area contributed by atoms with Crippen LogP contribution in [0, 0.1) is 13.8 Å². The number of aryl methyl sites for hydroxylation is 1. The van der Waals surface area contributed by atoms with Crippen LogP contribution in [-0.4, -0.2) is 26.3 Å². The highest BCUT2D eigenvalue weighted by Crippen LogP contribution is 2.26. The zero-order valence-corrected chi connectivity index (χ0v) is 15.3. The van der Waals surface area contributed by atoms with Crippen molar-refractivity contribution in [3.63, 3.8) is 0 Å². The minimum absolute atomic E-state index is 0.309. The van der Waals surface area contributed by atoms with E-state index in [1.165, 1.54) is 11.1 Å². The maximum atomic E-state index is 12.8. The number of benzene rings is 1. The van der Waals surface area contributed by atoms with E-state index in [1.807, 2.05) is 13.8 Å². The van der Waals surface area contributed by atoms with E-state index in [1.54, 1.807) is 13.3 Å². The van der Waals surface area contributed by atoms with Crippen LogP contribution in [0.1, 0.15) is 27.9 Å². The van der Waals surface area contributed by atoms with Gasteiger partial charge in [0.2, 0.25) is 0 Å². The molecule has 3 aromatic rings. The molecule has 1 aliphatic rings. The predicted octanol–water partition coefficient (Wildman–Crippen LogP) is 2.49. The van der Waals surface area contributed by atoms with Gasteiger partial charge in [-0.2, -0.15) is 0 Å². The van der Waals surface area contributed by atoms with Crippen LogP contribution in [0.4, 0.5) is 0 Å². The SMILES string of the molecule is COc1c(C)cnc(CS(=O)c2nc3cc4c(cc3[nH]2)CNC4)c1C. The molecular formula is C18H20N4O2S. The van der Waals surface area contributed by atoms with Gasteiger partial charge in [-0.05, 0) is 37.1 Å². The number of imidazole rings is 1. The average Bonchev–Trinajstić information content (AvgIpc) is 3.21. The van der Waals surface area contributed by atoms with Crippen molar-refractivity contribution in [2.45, 2.75) is 37.8 Å². The molecule has 1 unspecified atom stereocenters. The lowest BCUT2D eigenvalue weighted by molar-refractivity contribution is 0.407. The van der Waals surface area contributed by atoms with Crippen molar-refractivity contribution in [3.8, 4) is 5.75 Å². The topological polar surface area (TPSA) is 79.9 Å². The van der Waals surface area contributed by atoms with E-state index in [-0.39, 0.29) is 0 Å². The van der Waals surface area contributed by atoms with E-state index in [0.717, 1.165) is 46.7 Å². The zero-order chi connectivity index (χ0) is 17.6. The summed E-state index contributed by atoms with van der Waals surface area (Å²) in [5.74, 6) is 1.11. The van der Waals surface area contributed by atoms with Gasteiger partial charge in [0.25, 0.3) is 0 Å². The molecule has 0 saturated heterocycles. The van der Waals surface area contributed by atoms with Crippen molar-refractivity contribution in [1.82, 2.24) is 20.3 Å². The van der Waals surface area contributed by atoms with Crippen LogP contribution < -0.4 is 10.1 Å². The fourth-order valence-corrected chi connectivity index (χ4v) is 4.40. The molecule has 0 fully saturated rings. The fraction of sp³-hybridized carbons (Fsp3) is 0.333. The summed E-state index contributed by atoms with van der Waals surface area (Å²) in [6, 6.07) is 4.16. The van der Waals surface area contributed by atoms with Gasteiger partial charge in [0.15, 0.2) is 5.16 Å². The number of nitrogens with zero attached hydrogens (tertiary/aromatic N) is 2. The van der Waals surface area contributed by atoms with Crippen LogP contribution in [0.15, 0.2) is 23.5 Å². The number of hydrogen-bond acceptors (Lipinski definition) is 5. The highest BCUT2D eigenvalue weighted by atomic mass is 32.2. The number of methoxy groups -OCH3 is 1. The second kappa shape index (κ2) is 6.24. The van der Waals surface area contributed by atoms with Crippen molar-refractivity contribution in [3.05, 3.63) is 46.3 Å². The molecule has 7 heteroatoms. The molecule has 0 aliphatic carbocycles. The molecule has 0 saturated carbocycles. The maximum absolute atomic E-state index is 12.8. The first-order valence-corrected chi connectivity index (χ1v) is 9.48. The molecule has 0 radical (unpaired) electrons. The summed E-state index contributed by atoms with van der Waals surface area (Å²) in [4.78, 5) is 12.2. The second-order valence-electron chi connectivity index (χ2n) is 6.32. The summed E-state index contributed by atoms with van der Waals surface area (Å²) in [6.07, 6.45) is 1.76. The molecular weight excluding hydrogens is 336 g/mol. The van der Waals surface area contributed by atoms with Gasteiger partial charge >= 0.3 is 0 Å². The number of aromatic amines is 1. The first-order chi connectivity index (χ1) is 12.1. The standard InChI is InChI=1S/C18H20N4O2S/c1-10-6-20-16(11(2)17(10)24-3)9-25(23)18-21-14-4-12-7-19-8-13(12)5-15(14)22-18/h4-6,19H,7-9H2,1-3H3,(H,21,22). The molecule has 1 atom stereocenters. The van der Waals surface area contributed by atoms with E-state index in [9.17, 15) is 4.21 Å². The third kappa shape index (κ3) is 2.83. The Morgan fingerprint density at radius 1 is 1.24 bits per heavy atom. The Morgan fingerprint density at radius 3 is 2.76 bits per heavy atom. The summed E-state index contributed by atoms with van der Waals surface area (Å²) in [6.45, 7) is 5.63. The predicted molar refractivity (Wildman–Crippen MR) is 97.0 cm³/mol. The minimum Gasteiger partial charge on any atom is -0.496 e. The molecule has 2 N–H and O–H groups in total. The number of hydrogen-bond donors (Lipinski definition) is 2. The molecule has 2 aromatic heterocycles. The highest BCUT2D eigenvalue weighted by Gasteiger charge is 2.18. The minimum atomic E-state index is -1.29. The number of H-pyrrole nitrogens is 1. The summed E-state index contributed by atoms with van der Waals surface area (Å²) in [5.41, 5.74) is 6.99. The molecule has 0 bridgehead atoms. The van der Waals surface area contributed by atoms with E-state index in [0.29, 0.717) is 10.9 Å². The smallest absolute Gasteiger partial charge is 0.197 e. The quantitative estimate of drug-likeness (QED) is 0.751. The Morgan fingerprint density at radius 2 is 2.00 bits per heavy atom. The number of rotatable bonds is 4. The van der Waals surface area contributed by atoms with E-state index >= 15 is 0 Å². The monoisotopic (exact) mass is 356 g/mol. The van der Waals surface area contributed by atoms with Crippen LogP contribution in [0.5, 0.6) is 5.75 Å². The average molecular weight is 356 g/mol. The Kier molecular flexibility index (Phi) is 4.05. The van der Waals surface area contributed by atoms with Gasteiger partial charge in [0.05, 0.1) is 40.4 Å². The summed E-state index contributed by atoms with van der Waals surface area (Å²) < 4.78 is 18.2. The second-order valence-corrected chi connectivity index (χ2v) is 7.69. The number of pyridine rings is 1. The van der Waals surface area contributed by atoms with Crippen LogP contribution >= 0.6 is 0 Å². The largest absolute Gasteiger partial charge is 0.496 e.